The van der Waals surface area contributed by atoms with Gasteiger partial charge in [0.05, 0.1) is 26.4 Å². The summed E-state index contributed by atoms with van der Waals surface area (Å²) in [4.78, 5) is 0. The quantitative estimate of drug-likeness (QED) is 0.565. The van der Waals surface area contributed by atoms with Crippen LogP contribution < -0.4 is 0 Å². The molecule has 0 N–H and O–H groups in total. The van der Waals surface area contributed by atoms with Crippen molar-refractivity contribution in [2.45, 2.75) is 6.42 Å². The molecule has 1 aliphatic carbocycles. The van der Waals surface area contributed by atoms with Gasteiger partial charge in [0.2, 0.25) is 0 Å². The molecule has 0 radical (unpaired) electrons. The monoisotopic (exact) mass is 206 g/mol. The second-order valence-electron chi connectivity index (χ2n) is 4.82. The first-order valence-corrected chi connectivity index (χ1v) is 5.94. The summed E-state index contributed by atoms with van der Waals surface area (Å²) in [6.45, 7) is 3.41. The average Bonchev–Trinajstić information content (AvgIpc) is 2.51. The maximum atomic E-state index is 5.63. The topological polar surface area (TPSA) is 18.5 Å². The minimum atomic E-state index is 0.677. The third-order valence-electron chi connectivity index (χ3n) is 4.01. The van der Waals surface area contributed by atoms with Crippen molar-refractivity contribution in [2.75, 3.05) is 26.4 Å². The molecule has 0 spiro atoms. The number of rotatable bonds is 0. The largest absolute Gasteiger partial charge is 0.377 e. The summed E-state index contributed by atoms with van der Waals surface area (Å²) in [5, 5.41) is 0. The molecule has 15 heavy (non-hydrogen) atoms. The lowest BCUT2D eigenvalue weighted by atomic mass is 9.88. The molecule has 0 aromatic rings. The number of fused-ring (bicyclic) bond motifs is 3. The molecule has 1 saturated carbocycles. The molecule has 0 amide bonds. The average molecular weight is 206 g/mol. The van der Waals surface area contributed by atoms with E-state index in [1.54, 1.807) is 0 Å². The molecule has 1 fully saturated rings. The lowest BCUT2D eigenvalue weighted by Gasteiger charge is -2.22. The summed E-state index contributed by atoms with van der Waals surface area (Å²) in [7, 11) is 0. The van der Waals surface area contributed by atoms with Crippen molar-refractivity contribution in [3.8, 4) is 0 Å². The van der Waals surface area contributed by atoms with E-state index in [-0.39, 0.29) is 0 Å². The van der Waals surface area contributed by atoms with Crippen molar-refractivity contribution in [1.29, 1.82) is 0 Å². The van der Waals surface area contributed by atoms with E-state index < -0.39 is 0 Å². The van der Waals surface area contributed by atoms with Gasteiger partial charge in [0.25, 0.3) is 0 Å². The highest BCUT2D eigenvalue weighted by atomic mass is 16.5. The molecule has 4 atom stereocenters. The standard InChI is InChI=1S/C13H18O2/c1-3-10-7-11-4-2-6-15-9-13(11)12(10)8-14-5-1/h1-4,10-13H,5-9H2/t10-,11+,12-,13+. The SMILES string of the molecule is C1=C[C@H]2C[C@H]3C=CCOC[C@H]3[C@H]2COC1. The number of ether oxygens (including phenoxy) is 2. The van der Waals surface area contributed by atoms with E-state index in [0.29, 0.717) is 23.7 Å². The molecule has 2 nitrogen and oxygen atoms in total. The van der Waals surface area contributed by atoms with Gasteiger partial charge in [-0.3, -0.25) is 0 Å². The van der Waals surface area contributed by atoms with Crippen LogP contribution in [0.15, 0.2) is 24.3 Å². The summed E-state index contributed by atoms with van der Waals surface area (Å²) in [6.07, 6.45) is 10.4. The van der Waals surface area contributed by atoms with Gasteiger partial charge >= 0.3 is 0 Å². The first-order valence-electron chi connectivity index (χ1n) is 5.94. The summed E-state index contributed by atoms with van der Waals surface area (Å²) in [5.41, 5.74) is 0. The lowest BCUT2D eigenvalue weighted by Crippen LogP contribution is -2.24. The first-order chi connectivity index (χ1) is 7.45. The Kier molecular flexibility index (Phi) is 2.63. The van der Waals surface area contributed by atoms with Gasteiger partial charge in [-0.05, 0) is 30.1 Å². The molecule has 0 unspecified atom stereocenters. The van der Waals surface area contributed by atoms with Crippen LogP contribution in [0.3, 0.4) is 0 Å². The number of allylic oxidation sites excluding steroid dienone is 2. The van der Waals surface area contributed by atoms with Crippen molar-refractivity contribution >= 4 is 0 Å². The maximum absolute atomic E-state index is 5.63. The fourth-order valence-corrected chi connectivity index (χ4v) is 3.24. The van der Waals surface area contributed by atoms with Crippen molar-refractivity contribution in [3.05, 3.63) is 24.3 Å². The molecule has 3 rings (SSSR count). The smallest absolute Gasteiger partial charge is 0.0647 e. The fraction of sp³-hybridized carbons (Fsp3) is 0.692. The molecule has 82 valence electrons. The minimum Gasteiger partial charge on any atom is -0.377 e. The predicted molar refractivity (Wildman–Crippen MR) is 58.5 cm³/mol. The van der Waals surface area contributed by atoms with E-state index in [9.17, 15) is 0 Å². The van der Waals surface area contributed by atoms with Gasteiger partial charge in [0.15, 0.2) is 0 Å². The predicted octanol–water partition coefficient (Wildman–Crippen LogP) is 2.03. The summed E-state index contributed by atoms with van der Waals surface area (Å²) < 4.78 is 11.3. The molecular formula is C13H18O2. The van der Waals surface area contributed by atoms with Crippen LogP contribution in [0.4, 0.5) is 0 Å². The lowest BCUT2D eigenvalue weighted by molar-refractivity contribution is 0.0546. The second kappa shape index (κ2) is 4.11. The molecule has 0 bridgehead atoms. The van der Waals surface area contributed by atoms with E-state index in [4.69, 9.17) is 9.47 Å². The highest BCUT2D eigenvalue weighted by Crippen LogP contribution is 2.44. The van der Waals surface area contributed by atoms with Crippen LogP contribution in [0.25, 0.3) is 0 Å². The van der Waals surface area contributed by atoms with E-state index in [0.717, 1.165) is 26.4 Å². The zero-order valence-corrected chi connectivity index (χ0v) is 8.97. The van der Waals surface area contributed by atoms with Gasteiger partial charge in [0, 0.05) is 0 Å². The molecule has 0 aromatic heterocycles. The van der Waals surface area contributed by atoms with Crippen molar-refractivity contribution in [3.63, 3.8) is 0 Å². The van der Waals surface area contributed by atoms with Crippen LogP contribution in [0.5, 0.6) is 0 Å². The zero-order chi connectivity index (χ0) is 10.1. The van der Waals surface area contributed by atoms with Gasteiger partial charge in [-0.25, -0.2) is 0 Å². The van der Waals surface area contributed by atoms with Crippen LogP contribution in [-0.2, 0) is 9.47 Å². The van der Waals surface area contributed by atoms with E-state index in [1.807, 2.05) is 0 Å². The highest BCUT2D eigenvalue weighted by Gasteiger charge is 2.41. The third kappa shape index (κ3) is 1.77. The van der Waals surface area contributed by atoms with E-state index in [2.05, 4.69) is 24.3 Å². The Labute approximate surface area is 90.9 Å². The van der Waals surface area contributed by atoms with Crippen LogP contribution in [0.2, 0.25) is 0 Å². The summed E-state index contributed by atoms with van der Waals surface area (Å²) >= 11 is 0. The normalized spacial score (nSPS) is 44.3. The molecule has 2 heteroatoms. The number of hydrogen-bond donors (Lipinski definition) is 0. The zero-order valence-electron chi connectivity index (χ0n) is 8.97. The fourth-order valence-electron chi connectivity index (χ4n) is 3.24. The van der Waals surface area contributed by atoms with Crippen LogP contribution in [0.1, 0.15) is 6.42 Å². The Morgan fingerprint density at radius 2 is 1.33 bits per heavy atom. The van der Waals surface area contributed by atoms with Gasteiger partial charge in [-0.2, -0.15) is 0 Å². The minimum absolute atomic E-state index is 0.677. The van der Waals surface area contributed by atoms with Crippen molar-refractivity contribution < 1.29 is 9.47 Å². The molecule has 2 heterocycles. The van der Waals surface area contributed by atoms with Gasteiger partial charge in [-0.1, -0.05) is 24.3 Å². The van der Waals surface area contributed by atoms with Crippen molar-refractivity contribution in [1.82, 2.24) is 0 Å². The molecule has 0 saturated heterocycles. The van der Waals surface area contributed by atoms with E-state index >= 15 is 0 Å². The molecule has 0 aromatic carbocycles. The second-order valence-corrected chi connectivity index (χ2v) is 4.82. The van der Waals surface area contributed by atoms with Crippen LogP contribution in [-0.4, -0.2) is 26.4 Å². The summed E-state index contributed by atoms with van der Waals surface area (Å²) in [6, 6.07) is 0. The highest BCUT2D eigenvalue weighted by molar-refractivity contribution is 5.08. The summed E-state index contributed by atoms with van der Waals surface area (Å²) in [5.74, 6) is 2.79. The Bertz CT molecular complexity index is 254. The Balaban J connectivity index is 1.83. The molecule has 3 aliphatic rings. The maximum Gasteiger partial charge on any atom is 0.0647 e. The van der Waals surface area contributed by atoms with Crippen molar-refractivity contribution in [2.24, 2.45) is 23.7 Å². The molecule has 2 aliphatic heterocycles. The third-order valence-corrected chi connectivity index (χ3v) is 4.01. The Morgan fingerprint density at radius 3 is 1.87 bits per heavy atom. The van der Waals surface area contributed by atoms with Crippen LogP contribution in [0, 0.1) is 23.7 Å². The van der Waals surface area contributed by atoms with E-state index in [1.165, 1.54) is 6.42 Å². The van der Waals surface area contributed by atoms with Gasteiger partial charge in [0.1, 0.15) is 0 Å². The Morgan fingerprint density at radius 1 is 0.800 bits per heavy atom. The first kappa shape index (κ1) is 9.61. The number of hydrogen-bond acceptors (Lipinski definition) is 2. The van der Waals surface area contributed by atoms with Crippen LogP contribution >= 0.6 is 0 Å². The van der Waals surface area contributed by atoms with Gasteiger partial charge in [-0.15, -0.1) is 0 Å². The Hall–Kier alpha value is -0.600. The molecular weight excluding hydrogens is 188 g/mol. The van der Waals surface area contributed by atoms with Gasteiger partial charge < -0.3 is 9.47 Å².